The molecule has 0 atom stereocenters. The van der Waals surface area contributed by atoms with Gasteiger partial charge in [-0.3, -0.25) is 10.1 Å². The van der Waals surface area contributed by atoms with Crippen molar-refractivity contribution in [2.45, 2.75) is 19.8 Å². The van der Waals surface area contributed by atoms with E-state index >= 15 is 0 Å². The van der Waals surface area contributed by atoms with Gasteiger partial charge in [-0.05, 0) is 25.7 Å². The lowest BCUT2D eigenvalue weighted by Crippen LogP contribution is -2.05. The molecule has 1 N–H and O–H groups in total. The smallest absolute Gasteiger partial charge is 0.278 e. The highest BCUT2D eigenvalue weighted by Gasteiger charge is 2.22. The number of hydrogen-bond acceptors (Lipinski definition) is 5. The zero-order valence-corrected chi connectivity index (χ0v) is 9.68. The first-order valence-electron chi connectivity index (χ1n) is 5.72. The summed E-state index contributed by atoms with van der Waals surface area (Å²) in [7, 11) is 0. The molecule has 1 aromatic heterocycles. The fourth-order valence-corrected chi connectivity index (χ4v) is 1.43. The van der Waals surface area contributed by atoms with Crippen molar-refractivity contribution in [2.75, 3.05) is 18.5 Å². The Balaban J connectivity index is 2.13. The largest absolute Gasteiger partial charge is 0.477 e. The first-order valence-corrected chi connectivity index (χ1v) is 5.72. The van der Waals surface area contributed by atoms with Gasteiger partial charge in [0.05, 0.1) is 23.7 Å². The van der Waals surface area contributed by atoms with E-state index in [1.54, 1.807) is 0 Å². The van der Waals surface area contributed by atoms with Crippen molar-refractivity contribution in [1.29, 1.82) is 0 Å². The number of rotatable bonds is 6. The van der Waals surface area contributed by atoms with E-state index in [4.69, 9.17) is 4.74 Å². The highest BCUT2D eigenvalue weighted by molar-refractivity contribution is 5.48. The highest BCUT2D eigenvalue weighted by atomic mass is 16.6. The minimum Gasteiger partial charge on any atom is -0.477 e. The lowest BCUT2D eigenvalue weighted by atomic mass is 10.4. The summed E-state index contributed by atoms with van der Waals surface area (Å²) in [6.45, 7) is 3.17. The van der Waals surface area contributed by atoms with Gasteiger partial charge < -0.3 is 10.1 Å². The van der Waals surface area contributed by atoms with Gasteiger partial charge >= 0.3 is 0 Å². The molecule has 1 aliphatic rings. The van der Waals surface area contributed by atoms with Gasteiger partial charge in [-0.25, -0.2) is 0 Å². The van der Waals surface area contributed by atoms with E-state index in [2.05, 4.69) is 10.3 Å². The lowest BCUT2D eigenvalue weighted by molar-refractivity contribution is -0.384. The van der Waals surface area contributed by atoms with Crippen LogP contribution in [0.25, 0.3) is 0 Å². The summed E-state index contributed by atoms with van der Waals surface area (Å²) in [5.74, 6) is 1.40. The van der Waals surface area contributed by atoms with Crippen molar-refractivity contribution in [1.82, 2.24) is 4.98 Å². The molecular formula is C11H15N3O3. The fourth-order valence-electron chi connectivity index (χ4n) is 1.43. The summed E-state index contributed by atoms with van der Waals surface area (Å²) >= 11 is 0. The number of pyridine rings is 1. The van der Waals surface area contributed by atoms with Crippen LogP contribution in [0.3, 0.4) is 0 Å². The van der Waals surface area contributed by atoms with Gasteiger partial charge in [0.25, 0.3) is 5.69 Å². The zero-order valence-electron chi connectivity index (χ0n) is 9.68. The molecule has 0 aliphatic heterocycles. The molecule has 0 amide bonds. The number of nitro groups is 1. The quantitative estimate of drug-likeness (QED) is 0.606. The Morgan fingerprint density at radius 3 is 2.94 bits per heavy atom. The van der Waals surface area contributed by atoms with Crippen molar-refractivity contribution in [3.8, 4) is 5.88 Å². The molecule has 92 valence electrons. The maximum Gasteiger partial charge on any atom is 0.278 e. The van der Waals surface area contributed by atoms with Crippen LogP contribution >= 0.6 is 0 Å². The van der Waals surface area contributed by atoms with Crippen LogP contribution in [0.4, 0.5) is 11.5 Å². The van der Waals surface area contributed by atoms with Gasteiger partial charge in [0, 0.05) is 6.54 Å². The van der Waals surface area contributed by atoms with E-state index in [0.717, 1.165) is 0 Å². The molecule has 1 aliphatic carbocycles. The Kier molecular flexibility index (Phi) is 3.41. The van der Waals surface area contributed by atoms with E-state index in [-0.39, 0.29) is 5.69 Å². The summed E-state index contributed by atoms with van der Waals surface area (Å²) in [6.07, 6.45) is 2.35. The Hall–Kier alpha value is -1.85. The molecule has 0 aromatic carbocycles. The van der Waals surface area contributed by atoms with Crippen LogP contribution in [0.1, 0.15) is 19.8 Å². The van der Waals surface area contributed by atoms with Crippen LogP contribution in [0.2, 0.25) is 0 Å². The third kappa shape index (κ3) is 3.30. The fraction of sp³-hybridized carbons (Fsp3) is 0.545. The molecule has 1 saturated carbocycles. The summed E-state index contributed by atoms with van der Waals surface area (Å²) in [5.41, 5.74) is 0.00162. The van der Waals surface area contributed by atoms with Crippen LogP contribution in [0, 0.1) is 16.0 Å². The van der Waals surface area contributed by atoms with Gasteiger partial charge in [0.1, 0.15) is 5.82 Å². The predicted molar refractivity (Wildman–Crippen MR) is 63.3 cm³/mol. The topological polar surface area (TPSA) is 77.3 Å². The van der Waals surface area contributed by atoms with E-state index in [0.29, 0.717) is 30.8 Å². The first kappa shape index (κ1) is 11.6. The first-order chi connectivity index (χ1) is 8.19. The van der Waals surface area contributed by atoms with E-state index < -0.39 is 4.92 Å². The molecular weight excluding hydrogens is 222 g/mol. The molecule has 1 heterocycles. The van der Waals surface area contributed by atoms with Crippen LogP contribution in [0.5, 0.6) is 5.88 Å². The zero-order chi connectivity index (χ0) is 12.3. The third-order valence-electron chi connectivity index (χ3n) is 2.52. The molecule has 0 bridgehead atoms. The van der Waals surface area contributed by atoms with E-state index in [1.807, 2.05) is 6.92 Å². The van der Waals surface area contributed by atoms with Crippen molar-refractivity contribution in [2.24, 2.45) is 5.92 Å². The van der Waals surface area contributed by atoms with Crippen molar-refractivity contribution < 1.29 is 9.66 Å². The highest BCUT2D eigenvalue weighted by Crippen LogP contribution is 2.30. The van der Waals surface area contributed by atoms with Crippen molar-refractivity contribution >= 4 is 11.5 Å². The Morgan fingerprint density at radius 1 is 1.59 bits per heavy atom. The lowest BCUT2D eigenvalue weighted by Gasteiger charge is -2.07. The van der Waals surface area contributed by atoms with Crippen molar-refractivity contribution in [3.63, 3.8) is 0 Å². The SMILES string of the molecule is CCNc1cc([N+](=O)[O-])cc(OCC2CC2)n1. The summed E-state index contributed by atoms with van der Waals surface area (Å²) in [6, 6.07) is 2.77. The second kappa shape index (κ2) is 4.99. The van der Waals surface area contributed by atoms with Gasteiger partial charge in [0.15, 0.2) is 0 Å². The Bertz CT molecular complexity index is 418. The molecule has 2 rings (SSSR count). The monoisotopic (exact) mass is 237 g/mol. The minimum absolute atomic E-state index is 0.00162. The molecule has 0 spiro atoms. The normalized spacial score (nSPS) is 14.4. The molecule has 1 fully saturated rings. The van der Waals surface area contributed by atoms with Gasteiger partial charge in [-0.1, -0.05) is 0 Å². The molecule has 0 saturated heterocycles. The maximum atomic E-state index is 10.8. The van der Waals surface area contributed by atoms with Crippen molar-refractivity contribution in [3.05, 3.63) is 22.2 Å². The molecule has 6 nitrogen and oxygen atoms in total. The second-order valence-corrected chi connectivity index (χ2v) is 4.09. The average molecular weight is 237 g/mol. The van der Waals surface area contributed by atoms with Crippen LogP contribution in [-0.2, 0) is 0 Å². The Morgan fingerprint density at radius 2 is 2.35 bits per heavy atom. The number of nitrogens with one attached hydrogen (secondary N) is 1. The number of hydrogen-bond donors (Lipinski definition) is 1. The summed E-state index contributed by atoms with van der Waals surface area (Å²) in [5, 5.41) is 13.7. The number of aromatic nitrogens is 1. The molecule has 17 heavy (non-hydrogen) atoms. The summed E-state index contributed by atoms with van der Waals surface area (Å²) < 4.78 is 5.45. The van der Waals surface area contributed by atoms with Gasteiger partial charge in [-0.15, -0.1) is 0 Å². The molecule has 0 unspecified atom stereocenters. The van der Waals surface area contributed by atoms with Crippen LogP contribution in [0.15, 0.2) is 12.1 Å². The maximum absolute atomic E-state index is 10.8. The van der Waals surface area contributed by atoms with E-state index in [9.17, 15) is 10.1 Å². The second-order valence-electron chi connectivity index (χ2n) is 4.09. The molecule has 0 radical (unpaired) electrons. The minimum atomic E-state index is -0.438. The predicted octanol–water partition coefficient (Wildman–Crippen LogP) is 2.21. The average Bonchev–Trinajstić information content (AvgIpc) is 3.10. The number of anilines is 1. The van der Waals surface area contributed by atoms with E-state index in [1.165, 1.54) is 25.0 Å². The number of ether oxygens (including phenoxy) is 1. The van der Waals surface area contributed by atoms with Gasteiger partial charge in [0.2, 0.25) is 5.88 Å². The third-order valence-corrected chi connectivity index (χ3v) is 2.52. The van der Waals surface area contributed by atoms with Gasteiger partial charge in [-0.2, -0.15) is 4.98 Å². The van der Waals surface area contributed by atoms with Crippen LogP contribution < -0.4 is 10.1 Å². The number of nitrogens with zero attached hydrogens (tertiary/aromatic N) is 2. The molecule has 6 heteroatoms. The standard InChI is InChI=1S/C11H15N3O3/c1-2-12-10-5-9(14(15)16)6-11(13-10)17-7-8-3-4-8/h5-6,8H,2-4,7H2,1H3,(H,12,13). The van der Waals surface area contributed by atoms with Crippen LogP contribution in [-0.4, -0.2) is 23.1 Å². The molecule has 1 aromatic rings. The summed E-state index contributed by atoms with van der Waals surface area (Å²) in [4.78, 5) is 14.5. The Labute approximate surface area is 99.2 Å².